The molecule has 6 heteroatoms. The Kier molecular flexibility index (Phi) is 6.04. The number of aliphatic hydroxyl groups excluding tert-OH is 1. The van der Waals surface area contributed by atoms with Gasteiger partial charge in [-0.15, -0.1) is 0 Å². The first-order valence-corrected chi connectivity index (χ1v) is 13.4. The molecule has 4 aliphatic carbocycles. The maximum absolute atomic E-state index is 14.2. The summed E-state index contributed by atoms with van der Waals surface area (Å²) in [6.07, 6.45) is 6.04. The van der Waals surface area contributed by atoms with Gasteiger partial charge >= 0.3 is 0 Å². The van der Waals surface area contributed by atoms with Gasteiger partial charge in [0.25, 0.3) is 0 Å². The first kappa shape index (κ1) is 27.4. The van der Waals surface area contributed by atoms with Crippen molar-refractivity contribution in [3.63, 3.8) is 0 Å². The van der Waals surface area contributed by atoms with Crippen LogP contribution in [0.15, 0.2) is 23.8 Å². The van der Waals surface area contributed by atoms with Crippen LogP contribution >= 0.6 is 0 Å². The van der Waals surface area contributed by atoms with E-state index in [1.165, 1.54) is 19.1 Å². The van der Waals surface area contributed by atoms with Gasteiger partial charge in [0.15, 0.2) is 5.78 Å². The average molecular weight is 501 g/mol. The molecule has 0 aromatic carbocycles. The number of hydrogen-bond donors (Lipinski definition) is 3. The number of rotatable bonds is 4. The monoisotopic (exact) mass is 500 g/mol. The van der Waals surface area contributed by atoms with Crippen LogP contribution in [0.5, 0.6) is 0 Å². The molecule has 0 radical (unpaired) electrons. The standard InChI is InChI=1S/C30H44O6/c1-25(2,35)14-13-22(33)30(8,36)24-19(31)15-27(5)20-11-9-17-18(10-12-21(32)26(17,3)4)29(20,7)23(34)16-28(24,27)6/h9,13-14,18-20,24,31,35-36H,10-12,15-16H2,1-8H3. The number of Topliss-reactive ketones (excluding diaryl/α,β-unsaturated/α-hetero) is 2. The number of aliphatic hydroxyl groups is 3. The predicted octanol–water partition coefficient (Wildman–Crippen LogP) is 3.96. The van der Waals surface area contributed by atoms with Gasteiger partial charge in [-0.25, -0.2) is 0 Å². The molecule has 200 valence electrons. The zero-order chi connectivity index (χ0) is 27.3. The Morgan fingerprint density at radius 1 is 1.03 bits per heavy atom. The van der Waals surface area contributed by atoms with Gasteiger partial charge in [-0.1, -0.05) is 38.5 Å². The molecular weight excluding hydrogens is 456 g/mol. The van der Waals surface area contributed by atoms with E-state index in [-0.39, 0.29) is 29.8 Å². The van der Waals surface area contributed by atoms with E-state index in [1.54, 1.807) is 13.8 Å². The van der Waals surface area contributed by atoms with Gasteiger partial charge in [0.05, 0.1) is 11.7 Å². The van der Waals surface area contributed by atoms with Crippen molar-refractivity contribution in [2.24, 2.45) is 39.4 Å². The molecule has 0 aliphatic heterocycles. The van der Waals surface area contributed by atoms with E-state index in [0.717, 1.165) is 5.57 Å². The zero-order valence-electron chi connectivity index (χ0n) is 23.1. The van der Waals surface area contributed by atoms with Gasteiger partial charge in [-0.2, -0.15) is 0 Å². The van der Waals surface area contributed by atoms with Gasteiger partial charge in [-0.05, 0) is 82.6 Å². The molecule has 3 N–H and O–H groups in total. The van der Waals surface area contributed by atoms with Crippen LogP contribution in [0.25, 0.3) is 0 Å². The van der Waals surface area contributed by atoms with Gasteiger partial charge in [0.2, 0.25) is 0 Å². The molecule has 4 aliphatic rings. The molecule has 3 saturated carbocycles. The summed E-state index contributed by atoms with van der Waals surface area (Å²) >= 11 is 0. The minimum absolute atomic E-state index is 0.0223. The maximum atomic E-state index is 14.2. The fraction of sp³-hybridized carbons (Fsp3) is 0.767. The van der Waals surface area contributed by atoms with Gasteiger partial charge in [0.1, 0.15) is 17.2 Å². The number of carbonyl (C=O) groups is 3. The minimum Gasteiger partial charge on any atom is -0.393 e. The topological polar surface area (TPSA) is 112 Å². The van der Waals surface area contributed by atoms with Gasteiger partial charge < -0.3 is 15.3 Å². The molecule has 0 saturated heterocycles. The van der Waals surface area contributed by atoms with Crippen molar-refractivity contribution in [3.05, 3.63) is 23.8 Å². The molecule has 6 nitrogen and oxygen atoms in total. The first-order chi connectivity index (χ1) is 16.2. The van der Waals surface area contributed by atoms with Crippen LogP contribution in [-0.4, -0.2) is 50.0 Å². The van der Waals surface area contributed by atoms with Crippen molar-refractivity contribution in [2.75, 3.05) is 0 Å². The summed E-state index contributed by atoms with van der Waals surface area (Å²) in [5, 5.41) is 33.0. The van der Waals surface area contributed by atoms with Gasteiger partial charge in [-0.3, -0.25) is 14.4 Å². The summed E-state index contributed by atoms with van der Waals surface area (Å²) in [4.78, 5) is 40.1. The lowest BCUT2D eigenvalue weighted by molar-refractivity contribution is -0.182. The second-order valence-corrected chi connectivity index (χ2v) is 14.1. The SMILES string of the molecule is CC(C)(O)C=CC(=O)C(C)(O)C1C(O)CC2(C)C3CC=C4C(CCC(=O)C4(C)C)C3(C)C(=O)CC12C. The highest BCUT2D eigenvalue weighted by Gasteiger charge is 2.74. The maximum Gasteiger partial charge on any atom is 0.187 e. The highest BCUT2D eigenvalue weighted by atomic mass is 16.3. The smallest absolute Gasteiger partial charge is 0.187 e. The highest BCUT2D eigenvalue weighted by molar-refractivity contribution is 5.97. The number of ketones is 3. The van der Waals surface area contributed by atoms with E-state index in [2.05, 4.69) is 19.9 Å². The second kappa shape index (κ2) is 7.94. The lowest BCUT2D eigenvalue weighted by Crippen LogP contribution is -2.64. The molecule has 0 amide bonds. The predicted molar refractivity (Wildman–Crippen MR) is 137 cm³/mol. The molecule has 8 unspecified atom stereocenters. The molecule has 3 fully saturated rings. The van der Waals surface area contributed by atoms with Crippen molar-refractivity contribution in [1.29, 1.82) is 0 Å². The van der Waals surface area contributed by atoms with Crippen LogP contribution in [-0.2, 0) is 14.4 Å². The lowest BCUT2D eigenvalue weighted by atomic mass is 9.38. The summed E-state index contributed by atoms with van der Waals surface area (Å²) in [6.45, 7) is 14.6. The first-order valence-electron chi connectivity index (χ1n) is 13.4. The van der Waals surface area contributed by atoms with Crippen LogP contribution in [0, 0.1) is 39.4 Å². The Hall–Kier alpha value is -1.63. The number of fused-ring (bicyclic) bond motifs is 5. The fourth-order valence-corrected chi connectivity index (χ4v) is 8.94. The molecule has 0 heterocycles. The molecule has 0 bridgehead atoms. The third-order valence-corrected chi connectivity index (χ3v) is 11.1. The Bertz CT molecular complexity index is 1060. The Morgan fingerprint density at radius 3 is 2.22 bits per heavy atom. The fourth-order valence-electron chi connectivity index (χ4n) is 8.94. The average Bonchev–Trinajstić information content (AvgIpc) is 2.94. The zero-order valence-corrected chi connectivity index (χ0v) is 23.1. The van der Waals surface area contributed by atoms with Crippen LogP contribution < -0.4 is 0 Å². The van der Waals surface area contributed by atoms with E-state index < -0.39 is 50.7 Å². The van der Waals surface area contributed by atoms with Crippen molar-refractivity contribution >= 4 is 17.3 Å². The van der Waals surface area contributed by atoms with Crippen LogP contribution in [0.3, 0.4) is 0 Å². The van der Waals surface area contributed by atoms with Crippen LogP contribution in [0.2, 0.25) is 0 Å². The highest BCUT2D eigenvalue weighted by Crippen LogP contribution is 2.74. The Labute approximate surface area is 215 Å². The van der Waals surface area contributed by atoms with E-state index in [1.807, 2.05) is 20.8 Å². The van der Waals surface area contributed by atoms with Gasteiger partial charge in [0, 0.05) is 29.6 Å². The van der Waals surface area contributed by atoms with E-state index >= 15 is 0 Å². The molecule has 4 rings (SSSR count). The number of hydrogen-bond acceptors (Lipinski definition) is 6. The molecule has 0 aromatic rings. The molecule has 36 heavy (non-hydrogen) atoms. The molecule has 8 atom stereocenters. The minimum atomic E-state index is -1.91. The van der Waals surface area contributed by atoms with Crippen molar-refractivity contribution in [1.82, 2.24) is 0 Å². The normalized spacial score (nSPS) is 43.9. The number of allylic oxidation sites excluding steroid dienone is 2. The summed E-state index contributed by atoms with van der Waals surface area (Å²) in [5.41, 5.74) is -4.61. The van der Waals surface area contributed by atoms with Crippen LogP contribution in [0.4, 0.5) is 0 Å². The molecular formula is C30H44O6. The van der Waals surface area contributed by atoms with Crippen molar-refractivity contribution in [3.8, 4) is 0 Å². The van der Waals surface area contributed by atoms with E-state index in [0.29, 0.717) is 25.7 Å². The summed E-state index contributed by atoms with van der Waals surface area (Å²) in [6, 6.07) is 0. The van der Waals surface area contributed by atoms with E-state index in [4.69, 9.17) is 0 Å². The largest absolute Gasteiger partial charge is 0.393 e. The molecule has 0 spiro atoms. The summed E-state index contributed by atoms with van der Waals surface area (Å²) in [7, 11) is 0. The van der Waals surface area contributed by atoms with Crippen molar-refractivity contribution < 1.29 is 29.7 Å². The lowest BCUT2D eigenvalue weighted by Gasteiger charge is -2.64. The number of carbonyl (C=O) groups excluding carboxylic acids is 3. The van der Waals surface area contributed by atoms with E-state index in [9.17, 15) is 29.7 Å². The second-order valence-electron chi connectivity index (χ2n) is 14.1. The summed E-state index contributed by atoms with van der Waals surface area (Å²) < 4.78 is 0. The Morgan fingerprint density at radius 2 is 1.64 bits per heavy atom. The molecule has 0 aromatic heterocycles. The van der Waals surface area contributed by atoms with Crippen molar-refractivity contribution in [2.45, 2.75) is 105 Å². The quantitative estimate of drug-likeness (QED) is 0.398. The van der Waals surface area contributed by atoms with Crippen LogP contribution in [0.1, 0.15) is 87.5 Å². The summed E-state index contributed by atoms with van der Waals surface area (Å²) in [5.74, 6) is -1.20. The Balaban J connectivity index is 1.79. The third kappa shape index (κ3) is 3.50. The third-order valence-electron chi connectivity index (χ3n) is 11.1.